The van der Waals surface area contributed by atoms with Gasteiger partial charge in [0.2, 0.25) is 0 Å². The third kappa shape index (κ3) is 5.06. The molecule has 4 rings (SSSR count). The summed E-state index contributed by atoms with van der Waals surface area (Å²) in [5.74, 6) is 3.07. The fourth-order valence-corrected chi connectivity index (χ4v) is 4.88. The molecule has 0 N–H and O–H groups in total. The first-order valence-corrected chi connectivity index (χ1v) is 10.4. The van der Waals surface area contributed by atoms with E-state index in [0.29, 0.717) is 30.3 Å². The Morgan fingerprint density at radius 1 is 0.786 bits per heavy atom. The van der Waals surface area contributed by atoms with E-state index >= 15 is 0 Å². The summed E-state index contributed by atoms with van der Waals surface area (Å²) in [4.78, 5) is 9.96. The van der Waals surface area contributed by atoms with Crippen LogP contribution in [0.1, 0.15) is 85.5 Å². The molecule has 2 atom stereocenters. The molecule has 0 amide bonds. The molecule has 0 aromatic carbocycles. The van der Waals surface area contributed by atoms with E-state index in [1.54, 1.807) is 0 Å². The summed E-state index contributed by atoms with van der Waals surface area (Å²) in [6.07, 6.45) is 10.1. The molecule has 2 spiro atoms. The Morgan fingerprint density at radius 2 is 1.14 bits per heavy atom. The van der Waals surface area contributed by atoms with E-state index in [-0.39, 0.29) is 65.6 Å². The Morgan fingerprint density at radius 3 is 1.39 bits per heavy atom. The summed E-state index contributed by atoms with van der Waals surface area (Å²) in [6, 6.07) is 0.671. The average molecular weight is 613 g/mol. The van der Waals surface area contributed by atoms with Crippen LogP contribution in [0.15, 0.2) is 9.98 Å². The minimum atomic E-state index is 0. The molecular formula is C21H34Br2N2O2Pd. The first-order chi connectivity index (χ1) is 11.9. The summed E-state index contributed by atoms with van der Waals surface area (Å²) in [6.45, 7) is 9.11. The van der Waals surface area contributed by atoms with Crippen molar-refractivity contribution in [3.05, 3.63) is 0 Å². The first kappa shape index (κ1) is 26.6. The van der Waals surface area contributed by atoms with Crippen molar-refractivity contribution in [1.29, 1.82) is 0 Å². The van der Waals surface area contributed by atoms with Gasteiger partial charge in [0.15, 0.2) is 11.8 Å². The summed E-state index contributed by atoms with van der Waals surface area (Å²) in [5.41, 5.74) is 0.00845. The molecule has 0 aromatic rings. The van der Waals surface area contributed by atoms with Gasteiger partial charge in [-0.2, -0.15) is 0 Å². The van der Waals surface area contributed by atoms with Crippen LogP contribution in [0.3, 0.4) is 0 Å². The molecule has 0 aromatic heterocycles. The molecule has 4 aliphatic rings. The van der Waals surface area contributed by atoms with Crippen LogP contribution in [0.4, 0.5) is 0 Å². The van der Waals surface area contributed by atoms with E-state index in [4.69, 9.17) is 19.5 Å². The maximum Gasteiger partial charge on any atom is 2.00 e. The van der Waals surface area contributed by atoms with Crippen molar-refractivity contribution in [2.24, 2.45) is 21.8 Å². The molecule has 4 nitrogen and oxygen atoms in total. The summed E-state index contributed by atoms with van der Waals surface area (Å²) in [5, 5.41) is 0. The zero-order chi connectivity index (χ0) is 17.7. The van der Waals surface area contributed by atoms with Crippen LogP contribution < -0.4 is 34.0 Å². The number of rotatable bonds is 6. The van der Waals surface area contributed by atoms with Gasteiger partial charge in [0.05, 0.1) is 18.5 Å². The number of hydrogen-bond acceptors (Lipinski definition) is 4. The topological polar surface area (TPSA) is 43.2 Å². The molecule has 2 aliphatic carbocycles. The quantitative estimate of drug-likeness (QED) is 0.359. The van der Waals surface area contributed by atoms with Crippen LogP contribution >= 0.6 is 0 Å². The zero-order valence-corrected chi connectivity index (χ0v) is 22.2. The Kier molecular flexibility index (Phi) is 9.73. The molecule has 2 fully saturated rings. The molecule has 2 aliphatic heterocycles. The molecule has 0 bridgehead atoms. The molecule has 0 unspecified atom stereocenters. The molecular weight excluding hydrogens is 578 g/mol. The molecule has 2 saturated carbocycles. The maximum atomic E-state index is 6.39. The maximum absolute atomic E-state index is 6.39. The van der Waals surface area contributed by atoms with E-state index in [9.17, 15) is 0 Å². The van der Waals surface area contributed by atoms with Crippen LogP contribution in [-0.2, 0) is 29.9 Å². The smallest absolute Gasteiger partial charge is 1.00 e. The van der Waals surface area contributed by atoms with Gasteiger partial charge in [-0.15, -0.1) is 0 Å². The third-order valence-corrected chi connectivity index (χ3v) is 6.55. The summed E-state index contributed by atoms with van der Waals surface area (Å²) < 4.78 is 12.8. The van der Waals surface area contributed by atoms with Crippen molar-refractivity contribution in [2.75, 3.05) is 0 Å². The fourth-order valence-electron chi connectivity index (χ4n) is 4.88. The van der Waals surface area contributed by atoms with Gasteiger partial charge in [-0.25, -0.2) is 9.98 Å². The monoisotopic (exact) mass is 610 g/mol. The predicted molar refractivity (Wildman–Crippen MR) is 101 cm³/mol. The third-order valence-electron chi connectivity index (χ3n) is 6.55. The molecule has 28 heavy (non-hydrogen) atoms. The van der Waals surface area contributed by atoms with Crippen molar-refractivity contribution in [3.8, 4) is 0 Å². The average Bonchev–Trinajstić information content (AvgIpc) is 2.96. The van der Waals surface area contributed by atoms with E-state index in [2.05, 4.69) is 27.7 Å². The van der Waals surface area contributed by atoms with Gasteiger partial charge in [0.1, 0.15) is 11.2 Å². The molecule has 0 saturated heterocycles. The molecule has 7 heteroatoms. The Hall–Kier alpha value is 0.562. The fraction of sp³-hybridized carbons (Fsp3) is 0.905. The minimum absolute atomic E-state index is 0. The Bertz CT molecular complexity index is 537. The van der Waals surface area contributed by atoms with Crippen molar-refractivity contribution in [1.82, 2.24) is 0 Å². The van der Waals surface area contributed by atoms with Crippen molar-refractivity contribution < 1.29 is 63.9 Å². The van der Waals surface area contributed by atoms with E-state index in [1.165, 1.54) is 12.8 Å². The first-order valence-electron chi connectivity index (χ1n) is 10.4. The SMILES string of the molecule is CC(C)C[C@H]1N=C(CC2=N[C@H](CC(C)C)C3(CCC3)O2)OC12CCC2.[Br-].[Br-].[Pd+2]. The summed E-state index contributed by atoms with van der Waals surface area (Å²) >= 11 is 0. The standard InChI is InChI=1S/C21H34N2O2.2BrH.Pd/c1-14(2)11-16-20(7-5-8-20)24-18(22-16)13-19-23-17(12-15(3)4)21(25-19)9-6-10-21;;;/h14-17H,5-13H2,1-4H3;2*1H;/q;;;+2/p-2/t16-,17-;;;/m1.../s1. The Balaban J connectivity index is 0.00000131. The molecule has 164 valence electrons. The van der Waals surface area contributed by atoms with Gasteiger partial charge in [0.25, 0.3) is 0 Å². The number of halogens is 2. The van der Waals surface area contributed by atoms with Gasteiger partial charge < -0.3 is 43.4 Å². The normalized spacial score (nSPS) is 28.2. The molecule has 2 heterocycles. The minimum Gasteiger partial charge on any atom is -1.00 e. The van der Waals surface area contributed by atoms with Crippen LogP contribution in [0.25, 0.3) is 0 Å². The number of hydrogen-bond donors (Lipinski definition) is 0. The Labute approximate surface area is 205 Å². The van der Waals surface area contributed by atoms with Crippen molar-refractivity contribution in [3.63, 3.8) is 0 Å². The van der Waals surface area contributed by atoms with Crippen LogP contribution in [0.2, 0.25) is 0 Å². The van der Waals surface area contributed by atoms with Crippen molar-refractivity contribution in [2.45, 2.75) is 109 Å². The number of aliphatic imine (C=N–C) groups is 2. The largest absolute Gasteiger partial charge is 2.00 e. The van der Waals surface area contributed by atoms with E-state index < -0.39 is 0 Å². The van der Waals surface area contributed by atoms with Gasteiger partial charge in [-0.1, -0.05) is 27.7 Å². The summed E-state index contributed by atoms with van der Waals surface area (Å²) in [7, 11) is 0. The number of ether oxygens (including phenoxy) is 2. The van der Waals surface area contributed by atoms with Gasteiger partial charge in [-0.05, 0) is 63.2 Å². The second-order valence-corrected chi connectivity index (χ2v) is 9.55. The van der Waals surface area contributed by atoms with Crippen LogP contribution in [-0.4, -0.2) is 35.1 Å². The van der Waals surface area contributed by atoms with Crippen molar-refractivity contribution >= 4 is 11.8 Å². The van der Waals surface area contributed by atoms with Gasteiger partial charge >= 0.3 is 20.4 Å². The van der Waals surface area contributed by atoms with Crippen LogP contribution in [0, 0.1) is 11.8 Å². The van der Waals surface area contributed by atoms with Crippen LogP contribution in [0.5, 0.6) is 0 Å². The predicted octanol–water partition coefficient (Wildman–Crippen LogP) is -1.09. The van der Waals surface area contributed by atoms with Gasteiger partial charge in [0, 0.05) is 0 Å². The van der Waals surface area contributed by atoms with E-state index in [1.807, 2.05) is 0 Å². The zero-order valence-electron chi connectivity index (χ0n) is 17.5. The molecule has 0 radical (unpaired) electrons. The number of nitrogens with zero attached hydrogens (tertiary/aromatic N) is 2. The van der Waals surface area contributed by atoms with E-state index in [0.717, 1.165) is 50.3 Å². The second-order valence-electron chi connectivity index (χ2n) is 9.55. The second kappa shape index (κ2) is 10.2. The van der Waals surface area contributed by atoms with Gasteiger partial charge in [-0.3, -0.25) is 0 Å².